The molecule has 0 radical (unpaired) electrons. The molecule has 0 aliphatic carbocycles. The highest BCUT2D eigenvalue weighted by Crippen LogP contribution is 2.30. The predicted octanol–water partition coefficient (Wildman–Crippen LogP) is 5.06. The van der Waals surface area contributed by atoms with Gasteiger partial charge in [0.05, 0.1) is 6.26 Å². The first-order valence-corrected chi connectivity index (χ1v) is 10.6. The van der Waals surface area contributed by atoms with Crippen LogP contribution >= 0.6 is 0 Å². The van der Waals surface area contributed by atoms with Gasteiger partial charge in [0.1, 0.15) is 17.2 Å². The zero-order valence-corrected chi connectivity index (χ0v) is 14.4. The number of nitrogens with zero attached hydrogens (tertiary/aromatic N) is 1. The highest BCUT2D eigenvalue weighted by Gasteiger charge is 2.18. The number of aliphatic imine (C=N–C) groups is 1. The maximum Gasteiger partial charge on any atom is 0.242 e. The van der Waals surface area contributed by atoms with Crippen LogP contribution in [0.25, 0.3) is 0 Å². The van der Waals surface area contributed by atoms with Gasteiger partial charge in [-0.05, 0) is 62.8 Å². The third kappa shape index (κ3) is 4.60. The first-order valence-electron chi connectivity index (χ1n) is 7.20. The lowest BCUT2D eigenvalue weighted by Crippen LogP contribution is -2.29. The lowest BCUT2D eigenvalue weighted by atomic mass is 10.2. The highest BCUT2D eigenvalue weighted by atomic mass is 28.4. The fraction of sp³-hybridized carbons (Fsp3) is 0.353. The Morgan fingerprint density at radius 2 is 1.95 bits per heavy atom. The summed E-state index contributed by atoms with van der Waals surface area (Å²) in [6.07, 6.45) is 4.29. The van der Waals surface area contributed by atoms with E-state index < -0.39 is 8.32 Å². The van der Waals surface area contributed by atoms with Crippen LogP contribution in [0, 0.1) is 13.8 Å². The molecule has 0 amide bonds. The van der Waals surface area contributed by atoms with Crippen molar-refractivity contribution in [2.75, 3.05) is 0 Å². The first kappa shape index (κ1) is 15.6. The Balaban J connectivity index is 2.17. The number of furan rings is 1. The first-order chi connectivity index (χ1) is 9.85. The second-order valence-corrected chi connectivity index (χ2v) is 10.7. The van der Waals surface area contributed by atoms with Crippen molar-refractivity contribution < 1.29 is 8.84 Å². The fourth-order valence-corrected chi connectivity index (χ4v) is 2.80. The summed E-state index contributed by atoms with van der Waals surface area (Å²) < 4.78 is 11.5. The van der Waals surface area contributed by atoms with E-state index in [1.807, 2.05) is 25.3 Å². The Kier molecular flexibility index (Phi) is 4.68. The summed E-state index contributed by atoms with van der Waals surface area (Å²) in [5.41, 5.74) is 3.22. The molecule has 0 unspecified atom stereocenters. The summed E-state index contributed by atoms with van der Waals surface area (Å²) in [6, 6.07) is 8.09. The Labute approximate surface area is 127 Å². The van der Waals surface area contributed by atoms with Crippen LogP contribution in [0.5, 0.6) is 5.75 Å². The molecule has 0 spiro atoms. The number of aryl methyl sites for hydroxylation is 2. The van der Waals surface area contributed by atoms with Gasteiger partial charge in [-0.2, -0.15) is 0 Å². The minimum Gasteiger partial charge on any atom is -0.543 e. The Bertz CT molecular complexity index is 638. The molecule has 2 aromatic rings. The van der Waals surface area contributed by atoms with Crippen LogP contribution in [0.15, 0.2) is 39.9 Å². The van der Waals surface area contributed by atoms with E-state index in [4.69, 9.17) is 8.84 Å². The van der Waals surface area contributed by atoms with Gasteiger partial charge in [-0.25, -0.2) is 0 Å². The van der Waals surface area contributed by atoms with E-state index in [0.29, 0.717) is 6.42 Å². The van der Waals surface area contributed by atoms with E-state index in [1.54, 1.807) is 6.26 Å². The molecule has 0 aliphatic heterocycles. The summed E-state index contributed by atoms with van der Waals surface area (Å²) in [6.45, 7) is 10.6. The Morgan fingerprint density at radius 1 is 1.19 bits per heavy atom. The molecule has 0 fully saturated rings. The van der Waals surface area contributed by atoms with Crippen molar-refractivity contribution in [3.63, 3.8) is 0 Å². The Hall–Kier alpha value is -1.81. The van der Waals surface area contributed by atoms with E-state index in [-0.39, 0.29) is 0 Å². The third-order valence-corrected chi connectivity index (χ3v) is 3.84. The van der Waals surface area contributed by atoms with E-state index in [9.17, 15) is 0 Å². The third-order valence-electron chi connectivity index (χ3n) is 3.01. The Morgan fingerprint density at radius 3 is 2.57 bits per heavy atom. The zero-order chi connectivity index (χ0) is 15.5. The van der Waals surface area contributed by atoms with Crippen molar-refractivity contribution in [1.82, 2.24) is 0 Å². The topological polar surface area (TPSA) is 34.7 Å². The average molecular weight is 301 g/mol. The van der Waals surface area contributed by atoms with Crippen LogP contribution in [-0.4, -0.2) is 14.5 Å². The SMILES string of the molecule is Cc1ccc(N=CCc2occc2C)c(O[Si](C)(C)C)c1. The van der Waals surface area contributed by atoms with Gasteiger partial charge in [0.2, 0.25) is 8.32 Å². The molecular weight excluding hydrogens is 278 g/mol. The summed E-state index contributed by atoms with van der Waals surface area (Å²) in [5.74, 6) is 1.83. The van der Waals surface area contributed by atoms with Gasteiger partial charge >= 0.3 is 0 Å². The lowest BCUT2D eigenvalue weighted by molar-refractivity contribution is 0.525. The van der Waals surface area contributed by atoms with Gasteiger partial charge < -0.3 is 8.84 Å². The summed E-state index contributed by atoms with van der Waals surface area (Å²) >= 11 is 0. The summed E-state index contributed by atoms with van der Waals surface area (Å²) in [5, 5.41) is 0. The second-order valence-electron chi connectivity index (χ2n) is 6.23. The minimum atomic E-state index is -1.65. The van der Waals surface area contributed by atoms with Crippen LogP contribution < -0.4 is 4.43 Å². The van der Waals surface area contributed by atoms with Gasteiger partial charge in [0, 0.05) is 12.6 Å². The number of rotatable bonds is 5. The van der Waals surface area contributed by atoms with Gasteiger partial charge in [0.25, 0.3) is 0 Å². The van der Waals surface area contributed by atoms with E-state index in [0.717, 1.165) is 22.8 Å². The zero-order valence-electron chi connectivity index (χ0n) is 13.4. The molecule has 2 rings (SSSR count). The van der Waals surface area contributed by atoms with Crippen molar-refractivity contribution in [3.05, 3.63) is 47.4 Å². The quantitative estimate of drug-likeness (QED) is 0.572. The molecule has 1 heterocycles. The standard InChI is InChI=1S/C17H23NO2Si/c1-13-6-7-15(17(12-13)20-21(3,4)5)18-10-8-16-14(2)9-11-19-16/h6-7,9-12H,8H2,1-5H3. The molecule has 1 aromatic heterocycles. The molecule has 112 valence electrons. The van der Waals surface area contributed by atoms with Crippen molar-refractivity contribution in [2.24, 2.45) is 4.99 Å². The smallest absolute Gasteiger partial charge is 0.242 e. The van der Waals surface area contributed by atoms with Crippen LogP contribution in [-0.2, 0) is 6.42 Å². The second kappa shape index (κ2) is 6.31. The molecule has 4 heteroatoms. The monoisotopic (exact) mass is 301 g/mol. The molecule has 1 aromatic carbocycles. The normalized spacial score (nSPS) is 12.0. The van der Waals surface area contributed by atoms with E-state index >= 15 is 0 Å². The maximum atomic E-state index is 6.13. The molecule has 21 heavy (non-hydrogen) atoms. The van der Waals surface area contributed by atoms with Crippen LogP contribution in [0.3, 0.4) is 0 Å². The van der Waals surface area contributed by atoms with Gasteiger partial charge in [-0.15, -0.1) is 0 Å². The van der Waals surface area contributed by atoms with Gasteiger partial charge in [-0.1, -0.05) is 6.07 Å². The van der Waals surface area contributed by atoms with E-state index in [2.05, 4.69) is 43.7 Å². The lowest BCUT2D eigenvalue weighted by Gasteiger charge is -2.20. The highest BCUT2D eigenvalue weighted by molar-refractivity contribution is 6.70. The predicted molar refractivity (Wildman–Crippen MR) is 90.5 cm³/mol. The van der Waals surface area contributed by atoms with Crippen molar-refractivity contribution in [1.29, 1.82) is 0 Å². The minimum absolute atomic E-state index is 0.694. The van der Waals surface area contributed by atoms with Crippen molar-refractivity contribution in [2.45, 2.75) is 39.9 Å². The van der Waals surface area contributed by atoms with Crippen LogP contribution in [0.4, 0.5) is 5.69 Å². The fourth-order valence-electron chi connectivity index (χ4n) is 1.98. The molecule has 3 nitrogen and oxygen atoms in total. The number of benzene rings is 1. The van der Waals surface area contributed by atoms with Crippen LogP contribution in [0.1, 0.15) is 16.9 Å². The van der Waals surface area contributed by atoms with E-state index in [1.165, 1.54) is 5.56 Å². The maximum absolute atomic E-state index is 6.13. The summed E-state index contributed by atoms with van der Waals surface area (Å²) in [4.78, 5) is 4.56. The van der Waals surface area contributed by atoms with Gasteiger partial charge in [-0.3, -0.25) is 4.99 Å². The number of hydrogen-bond donors (Lipinski definition) is 0. The van der Waals surface area contributed by atoms with Crippen molar-refractivity contribution >= 4 is 20.2 Å². The average Bonchev–Trinajstić information content (AvgIpc) is 2.76. The molecule has 0 saturated carbocycles. The van der Waals surface area contributed by atoms with Gasteiger partial charge in [0.15, 0.2) is 0 Å². The summed E-state index contributed by atoms with van der Waals surface area (Å²) in [7, 11) is -1.65. The number of hydrogen-bond acceptors (Lipinski definition) is 3. The molecule has 0 saturated heterocycles. The molecule has 0 N–H and O–H groups in total. The van der Waals surface area contributed by atoms with Crippen molar-refractivity contribution in [3.8, 4) is 5.75 Å². The molecular formula is C17H23NO2Si. The largest absolute Gasteiger partial charge is 0.543 e. The molecule has 0 aliphatic rings. The molecule has 0 bridgehead atoms. The molecule has 0 atom stereocenters. The van der Waals surface area contributed by atoms with Crippen LogP contribution in [0.2, 0.25) is 19.6 Å².